The first-order valence-electron chi connectivity index (χ1n) is 6.25. The van der Waals surface area contributed by atoms with Crippen molar-refractivity contribution in [1.29, 1.82) is 0 Å². The van der Waals surface area contributed by atoms with Gasteiger partial charge in [-0.3, -0.25) is 9.59 Å². The maximum atomic E-state index is 12.6. The van der Waals surface area contributed by atoms with E-state index in [-0.39, 0.29) is 17.3 Å². The summed E-state index contributed by atoms with van der Waals surface area (Å²) in [5.74, 6) is -1.12. The van der Waals surface area contributed by atoms with Gasteiger partial charge in [-0.05, 0) is 29.6 Å². The molecule has 0 saturated heterocycles. The van der Waals surface area contributed by atoms with Crippen molar-refractivity contribution in [1.82, 2.24) is 5.32 Å². The summed E-state index contributed by atoms with van der Waals surface area (Å²) in [5.41, 5.74) is -1.10. The van der Waals surface area contributed by atoms with Crippen molar-refractivity contribution < 1.29 is 22.8 Å². The Bertz CT molecular complexity index is 717. The molecule has 122 valence electrons. The summed E-state index contributed by atoms with van der Waals surface area (Å²) in [7, 11) is 0. The molecule has 2 N–H and O–H groups in total. The van der Waals surface area contributed by atoms with E-state index in [2.05, 4.69) is 10.6 Å². The fourth-order valence-electron chi connectivity index (χ4n) is 1.65. The Hall–Kier alpha value is -2.06. The highest BCUT2D eigenvalue weighted by molar-refractivity contribution is 7.12. The molecule has 0 unspecified atom stereocenters. The van der Waals surface area contributed by atoms with E-state index in [0.29, 0.717) is 4.88 Å². The van der Waals surface area contributed by atoms with Gasteiger partial charge in [0.2, 0.25) is 5.91 Å². The molecule has 0 aliphatic heterocycles. The van der Waals surface area contributed by atoms with Crippen LogP contribution < -0.4 is 10.6 Å². The second kappa shape index (κ2) is 7.01. The third-order valence-electron chi connectivity index (χ3n) is 2.72. The van der Waals surface area contributed by atoms with Crippen LogP contribution in [0.15, 0.2) is 35.7 Å². The highest BCUT2D eigenvalue weighted by atomic mass is 35.5. The number of nitrogens with one attached hydrogen (secondary N) is 2. The number of thiophene rings is 1. The summed E-state index contributed by atoms with van der Waals surface area (Å²) in [4.78, 5) is 23.8. The van der Waals surface area contributed by atoms with E-state index in [1.54, 1.807) is 17.5 Å². The summed E-state index contributed by atoms with van der Waals surface area (Å²) in [6.07, 6.45) is -4.54. The van der Waals surface area contributed by atoms with E-state index >= 15 is 0 Å². The van der Waals surface area contributed by atoms with Gasteiger partial charge in [0.15, 0.2) is 0 Å². The van der Waals surface area contributed by atoms with Crippen LogP contribution in [0.2, 0.25) is 5.02 Å². The molecule has 23 heavy (non-hydrogen) atoms. The lowest BCUT2D eigenvalue weighted by Crippen LogP contribution is -2.32. The van der Waals surface area contributed by atoms with Gasteiger partial charge in [0.25, 0.3) is 5.91 Å². The molecule has 0 bridgehead atoms. The number of hydrogen-bond donors (Lipinski definition) is 2. The van der Waals surface area contributed by atoms with Crippen LogP contribution >= 0.6 is 22.9 Å². The molecular weight excluding hydrogens is 353 g/mol. The van der Waals surface area contributed by atoms with Crippen LogP contribution in [-0.4, -0.2) is 18.4 Å². The Morgan fingerprint density at radius 2 is 1.96 bits per heavy atom. The minimum absolute atomic E-state index is 0.0315. The molecule has 0 aliphatic carbocycles. The Labute approximate surface area is 138 Å². The van der Waals surface area contributed by atoms with Crippen molar-refractivity contribution in [2.45, 2.75) is 6.18 Å². The molecule has 1 aromatic carbocycles. The van der Waals surface area contributed by atoms with E-state index in [0.717, 1.165) is 18.2 Å². The fraction of sp³-hybridized carbons (Fsp3) is 0.143. The standard InChI is InChI=1S/C14H10ClF3N2O2S/c15-9-4-3-8(14(16,17)18)6-10(9)20-12(21)7-19-13(22)11-2-1-5-23-11/h1-6H,7H2,(H,19,22)(H,20,21). The number of amides is 2. The van der Waals surface area contributed by atoms with Crippen molar-refractivity contribution in [3.05, 3.63) is 51.2 Å². The quantitative estimate of drug-likeness (QED) is 0.869. The van der Waals surface area contributed by atoms with Gasteiger partial charge in [-0.2, -0.15) is 13.2 Å². The van der Waals surface area contributed by atoms with Crippen molar-refractivity contribution in [2.24, 2.45) is 0 Å². The van der Waals surface area contributed by atoms with Crippen LogP contribution in [0.25, 0.3) is 0 Å². The highest BCUT2D eigenvalue weighted by Gasteiger charge is 2.31. The van der Waals surface area contributed by atoms with E-state index in [1.165, 1.54) is 11.3 Å². The Kier molecular flexibility index (Phi) is 5.27. The number of alkyl halides is 3. The minimum atomic E-state index is -4.54. The van der Waals surface area contributed by atoms with Crippen LogP contribution in [0, 0.1) is 0 Å². The minimum Gasteiger partial charge on any atom is -0.342 e. The molecular formula is C14H10ClF3N2O2S. The van der Waals surface area contributed by atoms with Gasteiger partial charge in [0, 0.05) is 0 Å². The number of hydrogen-bond acceptors (Lipinski definition) is 3. The monoisotopic (exact) mass is 362 g/mol. The van der Waals surface area contributed by atoms with E-state index in [1.807, 2.05) is 0 Å². The van der Waals surface area contributed by atoms with Gasteiger partial charge < -0.3 is 10.6 Å². The lowest BCUT2D eigenvalue weighted by molar-refractivity contribution is -0.137. The van der Waals surface area contributed by atoms with E-state index in [9.17, 15) is 22.8 Å². The first-order chi connectivity index (χ1) is 10.8. The zero-order valence-electron chi connectivity index (χ0n) is 11.4. The fourth-order valence-corrected chi connectivity index (χ4v) is 2.45. The summed E-state index contributed by atoms with van der Waals surface area (Å²) >= 11 is 6.97. The lowest BCUT2D eigenvalue weighted by Gasteiger charge is -2.12. The maximum Gasteiger partial charge on any atom is 0.416 e. The van der Waals surface area contributed by atoms with Crippen LogP contribution in [0.1, 0.15) is 15.2 Å². The average molecular weight is 363 g/mol. The largest absolute Gasteiger partial charge is 0.416 e. The number of carbonyl (C=O) groups excluding carboxylic acids is 2. The molecule has 4 nitrogen and oxygen atoms in total. The van der Waals surface area contributed by atoms with Gasteiger partial charge in [-0.25, -0.2) is 0 Å². The number of benzene rings is 1. The van der Waals surface area contributed by atoms with Crippen LogP contribution in [0.3, 0.4) is 0 Å². The number of rotatable bonds is 4. The molecule has 2 amide bonds. The molecule has 2 rings (SSSR count). The first-order valence-corrected chi connectivity index (χ1v) is 7.51. The van der Waals surface area contributed by atoms with Gasteiger partial charge in [-0.15, -0.1) is 11.3 Å². The zero-order valence-corrected chi connectivity index (χ0v) is 13.0. The lowest BCUT2D eigenvalue weighted by atomic mass is 10.2. The van der Waals surface area contributed by atoms with Gasteiger partial charge in [-0.1, -0.05) is 17.7 Å². The molecule has 0 aliphatic rings. The summed E-state index contributed by atoms with van der Waals surface area (Å²) in [5, 5.41) is 6.28. The number of anilines is 1. The second-order valence-electron chi connectivity index (χ2n) is 4.40. The van der Waals surface area contributed by atoms with Crippen molar-refractivity contribution in [2.75, 3.05) is 11.9 Å². The Balaban J connectivity index is 1.99. The highest BCUT2D eigenvalue weighted by Crippen LogP contribution is 2.33. The second-order valence-corrected chi connectivity index (χ2v) is 5.76. The topological polar surface area (TPSA) is 58.2 Å². The summed E-state index contributed by atoms with van der Waals surface area (Å²) in [6.45, 7) is -0.386. The normalized spacial score (nSPS) is 11.1. The first kappa shape index (κ1) is 17.3. The summed E-state index contributed by atoms with van der Waals surface area (Å²) < 4.78 is 37.9. The summed E-state index contributed by atoms with van der Waals surface area (Å²) in [6, 6.07) is 5.87. The van der Waals surface area contributed by atoms with Crippen molar-refractivity contribution in [3.8, 4) is 0 Å². The molecule has 0 radical (unpaired) electrons. The molecule has 0 saturated carbocycles. The Morgan fingerprint density at radius 3 is 2.57 bits per heavy atom. The molecule has 9 heteroatoms. The molecule has 0 spiro atoms. The van der Waals surface area contributed by atoms with E-state index in [4.69, 9.17) is 11.6 Å². The molecule has 1 aromatic heterocycles. The third kappa shape index (κ3) is 4.70. The zero-order chi connectivity index (χ0) is 17.0. The van der Waals surface area contributed by atoms with Crippen LogP contribution in [0.4, 0.5) is 18.9 Å². The van der Waals surface area contributed by atoms with Crippen molar-refractivity contribution in [3.63, 3.8) is 0 Å². The molecule has 0 fully saturated rings. The SMILES string of the molecule is O=C(CNC(=O)c1cccs1)Nc1cc(C(F)(F)F)ccc1Cl. The maximum absolute atomic E-state index is 12.6. The van der Waals surface area contributed by atoms with Crippen molar-refractivity contribution >= 4 is 40.4 Å². The Morgan fingerprint density at radius 1 is 1.22 bits per heavy atom. The van der Waals surface area contributed by atoms with E-state index < -0.39 is 23.6 Å². The smallest absolute Gasteiger partial charge is 0.342 e. The average Bonchev–Trinajstić information content (AvgIpc) is 3.00. The van der Waals surface area contributed by atoms with Gasteiger partial charge in [0.1, 0.15) is 0 Å². The van der Waals surface area contributed by atoms with Gasteiger partial charge in [0.05, 0.1) is 27.7 Å². The van der Waals surface area contributed by atoms with Crippen LogP contribution in [-0.2, 0) is 11.0 Å². The number of halogens is 4. The third-order valence-corrected chi connectivity index (χ3v) is 3.92. The van der Waals surface area contributed by atoms with Crippen LogP contribution in [0.5, 0.6) is 0 Å². The predicted octanol–water partition coefficient (Wildman–Crippen LogP) is 3.79. The number of carbonyl (C=O) groups is 2. The molecule has 2 aromatic rings. The molecule has 1 heterocycles. The molecule has 0 atom stereocenters. The van der Waals surface area contributed by atoms with Gasteiger partial charge >= 0.3 is 6.18 Å². The predicted molar refractivity (Wildman–Crippen MR) is 81.7 cm³/mol.